The van der Waals surface area contributed by atoms with Crippen molar-refractivity contribution >= 4 is 10.8 Å². The Morgan fingerprint density at radius 3 is 2.67 bits per heavy atom. The zero-order chi connectivity index (χ0) is 6.85. The maximum absolute atomic E-state index is 11.1. The number of hydrogen-bond acceptors (Lipinski definition) is 2. The maximum atomic E-state index is 11.1. The first-order chi connectivity index (χ1) is 4.20. The molecule has 1 N–H and O–H groups in total. The van der Waals surface area contributed by atoms with Gasteiger partial charge in [-0.15, -0.1) is 0 Å². The summed E-state index contributed by atoms with van der Waals surface area (Å²) in [6, 6.07) is 0.446. The minimum atomic E-state index is -0.578. The second-order valence-corrected chi connectivity index (χ2v) is 4.57. The maximum Gasteiger partial charge on any atom is 0.0445 e. The van der Waals surface area contributed by atoms with E-state index in [0.29, 0.717) is 11.3 Å². The Labute approximate surface area is 58.5 Å². The molecule has 3 heteroatoms. The van der Waals surface area contributed by atoms with Crippen molar-refractivity contribution in [3.05, 3.63) is 0 Å². The lowest BCUT2D eigenvalue weighted by Gasteiger charge is -2.23. The van der Waals surface area contributed by atoms with E-state index in [1.165, 1.54) is 0 Å². The molecule has 0 saturated carbocycles. The molecule has 1 aliphatic heterocycles. The third-order valence-electron chi connectivity index (χ3n) is 1.62. The van der Waals surface area contributed by atoms with Gasteiger partial charge in [-0.2, -0.15) is 0 Å². The van der Waals surface area contributed by atoms with Crippen molar-refractivity contribution in [1.29, 1.82) is 0 Å². The third-order valence-corrected chi connectivity index (χ3v) is 3.51. The van der Waals surface area contributed by atoms with Crippen molar-refractivity contribution in [2.24, 2.45) is 0 Å². The second-order valence-electron chi connectivity index (χ2n) is 2.67. The Morgan fingerprint density at radius 2 is 2.22 bits per heavy atom. The highest BCUT2D eigenvalue weighted by Crippen LogP contribution is 2.03. The zero-order valence-electron chi connectivity index (χ0n) is 5.89. The molecule has 0 radical (unpaired) electrons. The van der Waals surface area contributed by atoms with Crippen LogP contribution in [0, 0.1) is 0 Å². The van der Waals surface area contributed by atoms with Crippen molar-refractivity contribution < 1.29 is 4.21 Å². The van der Waals surface area contributed by atoms with Gasteiger partial charge in [-0.25, -0.2) is 0 Å². The van der Waals surface area contributed by atoms with Crippen LogP contribution < -0.4 is 5.32 Å². The Balaban J connectivity index is 2.44. The van der Waals surface area contributed by atoms with Crippen LogP contribution in [0.25, 0.3) is 0 Å². The fourth-order valence-electron chi connectivity index (χ4n) is 0.930. The summed E-state index contributed by atoms with van der Waals surface area (Å²) in [7, 11) is -0.578. The average Bonchev–Trinajstić information content (AvgIpc) is 1.80. The predicted octanol–water partition coefficient (Wildman–Crippen LogP) is 0.115. The molecule has 3 unspecified atom stereocenters. The summed E-state index contributed by atoms with van der Waals surface area (Å²) >= 11 is 0. The molecule has 0 aliphatic carbocycles. The van der Waals surface area contributed by atoms with E-state index in [-0.39, 0.29) is 0 Å². The molecule has 1 fully saturated rings. The van der Waals surface area contributed by atoms with Gasteiger partial charge in [0.2, 0.25) is 0 Å². The van der Waals surface area contributed by atoms with Crippen LogP contribution in [-0.4, -0.2) is 27.8 Å². The molecule has 0 aromatic carbocycles. The van der Waals surface area contributed by atoms with Crippen LogP contribution in [0.2, 0.25) is 0 Å². The second kappa shape index (κ2) is 2.80. The van der Waals surface area contributed by atoms with Gasteiger partial charge in [0.05, 0.1) is 0 Å². The van der Waals surface area contributed by atoms with Gasteiger partial charge < -0.3 is 5.32 Å². The molecule has 0 aromatic heterocycles. The van der Waals surface area contributed by atoms with Crippen LogP contribution in [0.1, 0.15) is 13.8 Å². The topological polar surface area (TPSA) is 29.1 Å². The summed E-state index contributed by atoms with van der Waals surface area (Å²) in [5.74, 6) is 0.821. The van der Waals surface area contributed by atoms with E-state index in [4.69, 9.17) is 0 Å². The van der Waals surface area contributed by atoms with Crippen LogP contribution in [0.3, 0.4) is 0 Å². The standard InChI is InChI=1S/C6H13NOS/c1-5-4-9(8)6(2)3-7-5/h5-7H,3-4H2,1-2H3. The van der Waals surface area contributed by atoms with E-state index in [0.717, 1.165) is 12.3 Å². The first-order valence-corrected chi connectivity index (χ1v) is 4.69. The first-order valence-electron chi connectivity index (χ1n) is 3.30. The minimum absolute atomic E-state index is 0.348. The van der Waals surface area contributed by atoms with Crippen molar-refractivity contribution in [3.63, 3.8) is 0 Å². The number of hydrogen-bond donors (Lipinski definition) is 1. The lowest BCUT2D eigenvalue weighted by atomic mass is 10.3. The Bertz CT molecular complexity index is 126. The van der Waals surface area contributed by atoms with E-state index in [1.807, 2.05) is 6.92 Å². The van der Waals surface area contributed by atoms with Crippen LogP contribution in [-0.2, 0) is 10.8 Å². The van der Waals surface area contributed by atoms with Gasteiger partial charge in [-0.3, -0.25) is 4.21 Å². The SMILES string of the molecule is CC1CS(=O)C(C)CN1. The summed E-state index contributed by atoms with van der Waals surface area (Å²) in [6.07, 6.45) is 0. The lowest BCUT2D eigenvalue weighted by molar-refractivity contribution is 0.551. The molecule has 0 aromatic rings. The van der Waals surface area contributed by atoms with Gasteiger partial charge in [0, 0.05) is 34.4 Å². The van der Waals surface area contributed by atoms with Crippen LogP contribution >= 0.6 is 0 Å². The largest absolute Gasteiger partial charge is 0.312 e. The molecule has 9 heavy (non-hydrogen) atoms. The lowest BCUT2D eigenvalue weighted by Crippen LogP contribution is -2.44. The van der Waals surface area contributed by atoms with Gasteiger partial charge >= 0.3 is 0 Å². The van der Waals surface area contributed by atoms with E-state index >= 15 is 0 Å². The van der Waals surface area contributed by atoms with E-state index in [2.05, 4.69) is 12.2 Å². The highest BCUT2D eigenvalue weighted by molar-refractivity contribution is 7.85. The zero-order valence-corrected chi connectivity index (χ0v) is 6.70. The fraction of sp³-hybridized carbons (Fsp3) is 1.00. The predicted molar refractivity (Wildman–Crippen MR) is 39.9 cm³/mol. The molecule has 3 atom stereocenters. The fourth-order valence-corrected chi connectivity index (χ4v) is 2.15. The average molecular weight is 147 g/mol. The molecule has 0 bridgehead atoms. The quantitative estimate of drug-likeness (QED) is 0.527. The molecule has 0 amide bonds. The highest BCUT2D eigenvalue weighted by atomic mass is 32.2. The smallest absolute Gasteiger partial charge is 0.0445 e. The summed E-state index contributed by atoms with van der Waals surface area (Å²) in [6.45, 7) is 5.01. The summed E-state index contributed by atoms with van der Waals surface area (Å²) in [5.41, 5.74) is 0. The van der Waals surface area contributed by atoms with Crippen molar-refractivity contribution in [2.45, 2.75) is 25.1 Å². The number of nitrogens with one attached hydrogen (secondary N) is 1. The number of rotatable bonds is 0. The molecule has 54 valence electrons. The first kappa shape index (κ1) is 7.22. The van der Waals surface area contributed by atoms with E-state index in [1.54, 1.807) is 0 Å². The van der Waals surface area contributed by atoms with Crippen molar-refractivity contribution in [2.75, 3.05) is 12.3 Å². The molecule has 1 aliphatic rings. The molecule has 0 spiro atoms. The summed E-state index contributed by atoms with van der Waals surface area (Å²) < 4.78 is 11.1. The highest BCUT2D eigenvalue weighted by Gasteiger charge is 2.19. The van der Waals surface area contributed by atoms with Gasteiger partial charge in [-0.05, 0) is 13.8 Å². The van der Waals surface area contributed by atoms with E-state index in [9.17, 15) is 4.21 Å². The summed E-state index contributed by atoms with van der Waals surface area (Å²) in [5, 5.41) is 3.62. The van der Waals surface area contributed by atoms with Crippen LogP contribution in [0.4, 0.5) is 0 Å². The van der Waals surface area contributed by atoms with Gasteiger partial charge in [0.1, 0.15) is 0 Å². The molecular weight excluding hydrogens is 134 g/mol. The third kappa shape index (κ3) is 1.76. The van der Waals surface area contributed by atoms with Gasteiger partial charge in [-0.1, -0.05) is 0 Å². The normalized spacial score (nSPS) is 44.9. The Morgan fingerprint density at radius 1 is 1.56 bits per heavy atom. The molecule has 1 saturated heterocycles. The minimum Gasteiger partial charge on any atom is -0.312 e. The Hall–Kier alpha value is 0.110. The van der Waals surface area contributed by atoms with Crippen LogP contribution in [0.15, 0.2) is 0 Å². The monoisotopic (exact) mass is 147 g/mol. The molecular formula is C6H13NOS. The van der Waals surface area contributed by atoms with Gasteiger partial charge in [0.25, 0.3) is 0 Å². The molecule has 1 rings (SSSR count). The van der Waals surface area contributed by atoms with E-state index < -0.39 is 10.8 Å². The molecule has 2 nitrogen and oxygen atoms in total. The van der Waals surface area contributed by atoms with Gasteiger partial charge in [0.15, 0.2) is 0 Å². The van der Waals surface area contributed by atoms with Crippen molar-refractivity contribution in [1.82, 2.24) is 5.32 Å². The van der Waals surface area contributed by atoms with Crippen molar-refractivity contribution in [3.8, 4) is 0 Å². The van der Waals surface area contributed by atoms with Crippen LogP contribution in [0.5, 0.6) is 0 Å². The molecule has 1 heterocycles. The Kier molecular flexibility index (Phi) is 2.24. The summed E-state index contributed by atoms with van der Waals surface area (Å²) in [4.78, 5) is 0.